The molecule has 4 aromatic heterocycles. The molecule has 0 spiro atoms. The van der Waals surface area contributed by atoms with Gasteiger partial charge in [0.2, 0.25) is 0 Å². The summed E-state index contributed by atoms with van der Waals surface area (Å²) in [7, 11) is 1.61. The second kappa shape index (κ2) is 5.03. The lowest BCUT2D eigenvalue weighted by atomic mass is 10.2. The van der Waals surface area contributed by atoms with Crippen LogP contribution in [-0.4, -0.2) is 31.7 Å². The first-order valence-corrected chi connectivity index (χ1v) is 6.93. The van der Waals surface area contributed by atoms with Crippen LogP contribution >= 0.6 is 0 Å². The molecule has 0 radical (unpaired) electrons. The molecule has 0 aliphatic carbocycles. The zero-order chi connectivity index (χ0) is 16.0. The van der Waals surface area contributed by atoms with Crippen LogP contribution in [-0.2, 0) is 11.3 Å². The number of nitrogens with two attached hydrogens (primary N) is 1. The first-order chi connectivity index (χ1) is 11.2. The number of rotatable bonds is 3. The predicted octanol–water partition coefficient (Wildman–Crippen LogP) is 2.14. The van der Waals surface area contributed by atoms with Gasteiger partial charge in [-0.25, -0.2) is 18.9 Å². The summed E-state index contributed by atoms with van der Waals surface area (Å²) < 4.78 is 20.3. The Morgan fingerprint density at radius 2 is 2.26 bits per heavy atom. The molecule has 0 unspecified atom stereocenters. The lowest BCUT2D eigenvalue weighted by Crippen LogP contribution is -2.05. The molecule has 4 aromatic rings. The summed E-state index contributed by atoms with van der Waals surface area (Å²) in [6.07, 6.45) is 2.85. The molecule has 0 aromatic carbocycles. The van der Waals surface area contributed by atoms with Crippen molar-refractivity contribution in [3.8, 4) is 11.4 Å². The van der Waals surface area contributed by atoms with Crippen LogP contribution in [0.2, 0.25) is 0 Å². The van der Waals surface area contributed by atoms with Crippen molar-refractivity contribution >= 4 is 22.4 Å². The predicted molar refractivity (Wildman–Crippen MR) is 83.2 cm³/mol. The molecule has 0 saturated heterocycles. The third kappa shape index (κ3) is 2.11. The van der Waals surface area contributed by atoms with Crippen LogP contribution < -0.4 is 5.73 Å². The van der Waals surface area contributed by atoms with Crippen molar-refractivity contribution in [2.75, 3.05) is 12.8 Å². The second-order valence-corrected chi connectivity index (χ2v) is 5.13. The summed E-state index contributed by atoms with van der Waals surface area (Å²) in [5.41, 5.74) is 8.78. The Bertz CT molecular complexity index is 1020. The van der Waals surface area contributed by atoms with Gasteiger partial charge in [0, 0.05) is 24.3 Å². The highest BCUT2D eigenvalue weighted by atomic mass is 19.1. The van der Waals surface area contributed by atoms with Gasteiger partial charge in [-0.05, 0) is 18.2 Å². The standard InChI is InChI=1S/C15H13FN6O/c1-23-7-9-2-3-12-13(17)20-15(21-22(9)12)11-6-19-14-10(11)4-8(16)5-18-14/h2-6H,7H2,1H3,(H,18,19)(H2,17,20,21). The van der Waals surface area contributed by atoms with Gasteiger partial charge in [0.25, 0.3) is 0 Å². The third-order valence-corrected chi connectivity index (χ3v) is 3.65. The maximum absolute atomic E-state index is 13.5. The summed E-state index contributed by atoms with van der Waals surface area (Å²) in [5.74, 6) is 0.312. The minimum Gasteiger partial charge on any atom is -0.382 e. The molecule has 0 fully saturated rings. The Morgan fingerprint density at radius 3 is 3.09 bits per heavy atom. The monoisotopic (exact) mass is 312 g/mol. The van der Waals surface area contributed by atoms with Crippen LogP contribution in [0, 0.1) is 5.82 Å². The van der Waals surface area contributed by atoms with E-state index < -0.39 is 5.82 Å². The molecule has 4 rings (SSSR count). The van der Waals surface area contributed by atoms with Crippen molar-refractivity contribution in [1.82, 2.24) is 24.6 Å². The average molecular weight is 312 g/mol. The number of pyridine rings is 1. The van der Waals surface area contributed by atoms with Crippen LogP contribution in [0.1, 0.15) is 5.69 Å². The van der Waals surface area contributed by atoms with E-state index in [2.05, 4.69) is 20.1 Å². The quantitative estimate of drug-likeness (QED) is 0.604. The first kappa shape index (κ1) is 13.6. The van der Waals surface area contributed by atoms with E-state index in [9.17, 15) is 4.39 Å². The van der Waals surface area contributed by atoms with E-state index in [1.807, 2.05) is 12.1 Å². The van der Waals surface area contributed by atoms with E-state index in [0.717, 1.165) is 11.9 Å². The molecular weight excluding hydrogens is 299 g/mol. The number of hydrogen-bond acceptors (Lipinski definition) is 5. The number of nitrogens with one attached hydrogen (secondary N) is 1. The lowest BCUT2D eigenvalue weighted by Gasteiger charge is -2.06. The second-order valence-electron chi connectivity index (χ2n) is 5.13. The highest BCUT2D eigenvalue weighted by molar-refractivity contribution is 5.91. The molecule has 0 saturated carbocycles. The Labute approximate surface area is 129 Å². The van der Waals surface area contributed by atoms with Gasteiger partial charge in [0.1, 0.15) is 17.0 Å². The van der Waals surface area contributed by atoms with Crippen molar-refractivity contribution < 1.29 is 9.13 Å². The molecule has 0 aliphatic rings. The Morgan fingerprint density at radius 1 is 1.39 bits per heavy atom. The lowest BCUT2D eigenvalue weighted by molar-refractivity contribution is 0.180. The minimum absolute atomic E-state index is 0.344. The molecule has 0 bridgehead atoms. The number of nitrogens with zero attached hydrogens (tertiary/aromatic N) is 4. The normalized spacial score (nSPS) is 11.6. The van der Waals surface area contributed by atoms with E-state index in [-0.39, 0.29) is 0 Å². The fourth-order valence-corrected chi connectivity index (χ4v) is 2.61. The summed E-state index contributed by atoms with van der Waals surface area (Å²) in [6, 6.07) is 5.11. The molecule has 23 heavy (non-hydrogen) atoms. The molecule has 3 N–H and O–H groups in total. The van der Waals surface area contributed by atoms with Gasteiger partial charge in [-0.1, -0.05) is 0 Å². The van der Waals surface area contributed by atoms with Gasteiger partial charge in [0.05, 0.1) is 18.5 Å². The van der Waals surface area contributed by atoms with E-state index in [1.165, 1.54) is 6.07 Å². The van der Waals surface area contributed by atoms with E-state index in [1.54, 1.807) is 17.8 Å². The van der Waals surface area contributed by atoms with Crippen molar-refractivity contribution in [3.63, 3.8) is 0 Å². The number of halogens is 1. The first-order valence-electron chi connectivity index (χ1n) is 6.93. The number of H-pyrrole nitrogens is 1. The third-order valence-electron chi connectivity index (χ3n) is 3.65. The molecule has 7 nitrogen and oxygen atoms in total. The highest BCUT2D eigenvalue weighted by Crippen LogP contribution is 2.27. The van der Waals surface area contributed by atoms with Crippen molar-refractivity contribution in [2.45, 2.75) is 6.61 Å². The Balaban J connectivity index is 1.97. The average Bonchev–Trinajstić information content (AvgIpc) is 3.12. The van der Waals surface area contributed by atoms with Crippen LogP contribution in [0.4, 0.5) is 10.2 Å². The fourth-order valence-electron chi connectivity index (χ4n) is 2.61. The number of ether oxygens (including phenoxy) is 1. The number of hydrogen-bond donors (Lipinski definition) is 2. The van der Waals surface area contributed by atoms with Crippen LogP contribution in [0.3, 0.4) is 0 Å². The molecule has 0 aliphatic heterocycles. The number of methoxy groups -OCH3 is 1. The van der Waals surface area contributed by atoms with Crippen LogP contribution in [0.5, 0.6) is 0 Å². The van der Waals surface area contributed by atoms with E-state index >= 15 is 0 Å². The van der Waals surface area contributed by atoms with Gasteiger partial charge in [-0.15, -0.1) is 5.10 Å². The summed E-state index contributed by atoms with van der Waals surface area (Å²) >= 11 is 0. The van der Waals surface area contributed by atoms with Crippen molar-refractivity contribution in [3.05, 3.63) is 42.1 Å². The van der Waals surface area contributed by atoms with Crippen LogP contribution in [0.15, 0.2) is 30.6 Å². The number of aromatic nitrogens is 5. The van der Waals surface area contributed by atoms with E-state index in [0.29, 0.717) is 40.4 Å². The number of fused-ring (bicyclic) bond motifs is 2. The maximum atomic E-state index is 13.5. The van der Waals surface area contributed by atoms with Gasteiger partial charge in [-0.3, -0.25) is 0 Å². The summed E-state index contributed by atoms with van der Waals surface area (Å²) in [6.45, 7) is 0.397. The Kier molecular flexibility index (Phi) is 2.98. The van der Waals surface area contributed by atoms with Crippen molar-refractivity contribution in [2.24, 2.45) is 0 Å². The molecular formula is C15H13FN6O. The van der Waals surface area contributed by atoms with E-state index in [4.69, 9.17) is 10.5 Å². The topological polar surface area (TPSA) is 94.1 Å². The zero-order valence-corrected chi connectivity index (χ0v) is 12.2. The number of anilines is 1. The largest absolute Gasteiger partial charge is 0.382 e. The van der Waals surface area contributed by atoms with Gasteiger partial charge >= 0.3 is 0 Å². The molecule has 0 amide bonds. The minimum atomic E-state index is -0.423. The smallest absolute Gasteiger partial charge is 0.184 e. The number of aromatic amines is 1. The van der Waals surface area contributed by atoms with Gasteiger partial charge < -0.3 is 15.5 Å². The molecule has 116 valence electrons. The zero-order valence-electron chi connectivity index (χ0n) is 12.2. The summed E-state index contributed by atoms with van der Waals surface area (Å²) in [4.78, 5) is 11.3. The molecule has 0 atom stereocenters. The SMILES string of the molecule is COCc1ccc2c(N)nc(-c3c[nH]c4ncc(F)cc34)nn12. The number of nitrogen functional groups attached to an aromatic ring is 1. The highest BCUT2D eigenvalue weighted by Gasteiger charge is 2.15. The van der Waals surface area contributed by atoms with Gasteiger partial charge in [-0.2, -0.15) is 0 Å². The fraction of sp³-hybridized carbons (Fsp3) is 0.133. The summed E-state index contributed by atoms with van der Waals surface area (Å²) in [5, 5.41) is 5.11. The van der Waals surface area contributed by atoms with Crippen LogP contribution in [0.25, 0.3) is 27.9 Å². The molecule has 4 heterocycles. The van der Waals surface area contributed by atoms with Crippen molar-refractivity contribution in [1.29, 1.82) is 0 Å². The van der Waals surface area contributed by atoms with Gasteiger partial charge in [0.15, 0.2) is 11.6 Å². The Hall–Kier alpha value is -3.00. The maximum Gasteiger partial charge on any atom is 0.184 e. The molecule has 8 heteroatoms.